The van der Waals surface area contributed by atoms with Gasteiger partial charge in [0, 0.05) is 6.54 Å². The van der Waals surface area contributed by atoms with Crippen molar-refractivity contribution in [3.63, 3.8) is 0 Å². The number of hydrogen-bond donors (Lipinski definition) is 2. The normalized spacial score (nSPS) is 11.3. The molecule has 0 unspecified atom stereocenters. The van der Waals surface area contributed by atoms with Crippen LogP contribution in [-0.2, 0) is 16.6 Å². The zero-order valence-corrected chi connectivity index (χ0v) is 11.7. The van der Waals surface area contributed by atoms with E-state index in [0.717, 1.165) is 5.56 Å². The Morgan fingerprint density at radius 1 is 1.20 bits per heavy atom. The summed E-state index contributed by atoms with van der Waals surface area (Å²) >= 11 is 0. The summed E-state index contributed by atoms with van der Waals surface area (Å²) in [6.07, 6.45) is 0. The maximum atomic E-state index is 13.8. The number of aryl methyl sites for hydroxylation is 1. The third-order valence-corrected chi connectivity index (χ3v) is 4.18. The molecule has 0 aliphatic carbocycles. The fourth-order valence-corrected chi connectivity index (χ4v) is 2.93. The molecule has 106 valence electrons. The Morgan fingerprint density at radius 3 is 2.55 bits per heavy atom. The molecule has 6 heteroatoms. The van der Waals surface area contributed by atoms with E-state index in [4.69, 9.17) is 5.73 Å². The van der Waals surface area contributed by atoms with Crippen molar-refractivity contribution < 1.29 is 12.8 Å². The Labute approximate surface area is 117 Å². The van der Waals surface area contributed by atoms with Crippen molar-refractivity contribution in [3.8, 4) is 0 Å². The Bertz CT molecular complexity index is 730. The highest BCUT2D eigenvalue weighted by Crippen LogP contribution is 2.20. The van der Waals surface area contributed by atoms with Gasteiger partial charge >= 0.3 is 0 Å². The van der Waals surface area contributed by atoms with Crippen LogP contribution >= 0.6 is 0 Å². The molecule has 0 fully saturated rings. The van der Waals surface area contributed by atoms with Gasteiger partial charge in [-0.05, 0) is 42.3 Å². The second kappa shape index (κ2) is 5.60. The summed E-state index contributed by atoms with van der Waals surface area (Å²) < 4.78 is 40.3. The molecule has 0 spiro atoms. The van der Waals surface area contributed by atoms with E-state index in [2.05, 4.69) is 4.72 Å². The van der Waals surface area contributed by atoms with Gasteiger partial charge in [0.05, 0.1) is 10.6 Å². The van der Waals surface area contributed by atoms with Crippen LogP contribution in [0.2, 0.25) is 0 Å². The molecular formula is C14H15FN2O2S. The number of nitrogens with two attached hydrogens (primary N) is 1. The standard InChI is InChI=1S/C14H15FN2O2S/c1-10-3-2-4-12(7-10)20(18,19)17-14-6-5-11(9-16)8-13(14)15/h2-8,17H,9,16H2,1H3. The van der Waals surface area contributed by atoms with Crippen LogP contribution in [-0.4, -0.2) is 8.42 Å². The minimum absolute atomic E-state index is 0.0938. The van der Waals surface area contributed by atoms with Gasteiger partial charge in [-0.25, -0.2) is 12.8 Å². The maximum absolute atomic E-state index is 13.8. The fourth-order valence-electron chi connectivity index (χ4n) is 1.75. The van der Waals surface area contributed by atoms with E-state index in [1.807, 2.05) is 0 Å². The fraction of sp³-hybridized carbons (Fsp3) is 0.143. The zero-order chi connectivity index (χ0) is 14.8. The first-order chi connectivity index (χ1) is 9.42. The first kappa shape index (κ1) is 14.5. The molecule has 0 saturated heterocycles. The molecule has 0 aromatic heterocycles. The molecule has 0 saturated carbocycles. The zero-order valence-electron chi connectivity index (χ0n) is 10.9. The van der Waals surface area contributed by atoms with Gasteiger partial charge in [-0.15, -0.1) is 0 Å². The summed E-state index contributed by atoms with van der Waals surface area (Å²) in [5, 5.41) is 0. The maximum Gasteiger partial charge on any atom is 0.261 e. The minimum atomic E-state index is -3.80. The quantitative estimate of drug-likeness (QED) is 0.909. The highest BCUT2D eigenvalue weighted by Gasteiger charge is 2.16. The second-order valence-electron chi connectivity index (χ2n) is 4.44. The Hall–Kier alpha value is -1.92. The largest absolute Gasteiger partial charge is 0.326 e. The molecule has 0 radical (unpaired) electrons. The molecule has 0 heterocycles. The van der Waals surface area contributed by atoms with Gasteiger partial charge in [-0.3, -0.25) is 4.72 Å². The molecule has 3 N–H and O–H groups in total. The first-order valence-electron chi connectivity index (χ1n) is 6.00. The molecule has 20 heavy (non-hydrogen) atoms. The summed E-state index contributed by atoms with van der Waals surface area (Å²) in [4.78, 5) is 0.0970. The monoisotopic (exact) mass is 294 g/mol. The van der Waals surface area contributed by atoms with Crippen LogP contribution < -0.4 is 10.5 Å². The lowest BCUT2D eigenvalue weighted by Crippen LogP contribution is -2.14. The number of rotatable bonds is 4. The van der Waals surface area contributed by atoms with Crippen molar-refractivity contribution >= 4 is 15.7 Å². The third-order valence-electron chi connectivity index (χ3n) is 2.81. The number of benzene rings is 2. The Balaban J connectivity index is 2.33. The molecular weight excluding hydrogens is 279 g/mol. The van der Waals surface area contributed by atoms with Gasteiger partial charge in [0.25, 0.3) is 10.0 Å². The average molecular weight is 294 g/mol. The van der Waals surface area contributed by atoms with E-state index >= 15 is 0 Å². The summed E-state index contributed by atoms with van der Waals surface area (Å²) in [6, 6.07) is 10.6. The van der Waals surface area contributed by atoms with Crippen molar-refractivity contribution in [2.75, 3.05) is 4.72 Å². The molecule has 0 atom stereocenters. The molecule has 4 nitrogen and oxygen atoms in total. The number of hydrogen-bond acceptors (Lipinski definition) is 3. The van der Waals surface area contributed by atoms with Crippen molar-refractivity contribution in [1.29, 1.82) is 0 Å². The summed E-state index contributed by atoms with van der Waals surface area (Å²) in [7, 11) is -3.80. The number of halogens is 1. The van der Waals surface area contributed by atoms with E-state index in [9.17, 15) is 12.8 Å². The molecule has 0 amide bonds. The lowest BCUT2D eigenvalue weighted by molar-refractivity contribution is 0.598. The minimum Gasteiger partial charge on any atom is -0.326 e. The smallest absolute Gasteiger partial charge is 0.261 e. The highest BCUT2D eigenvalue weighted by atomic mass is 32.2. The van der Waals surface area contributed by atoms with Crippen molar-refractivity contribution in [1.82, 2.24) is 0 Å². The molecule has 2 rings (SSSR count). The first-order valence-corrected chi connectivity index (χ1v) is 7.48. The Morgan fingerprint density at radius 2 is 1.95 bits per heavy atom. The van der Waals surface area contributed by atoms with Crippen molar-refractivity contribution in [2.45, 2.75) is 18.4 Å². The number of nitrogens with one attached hydrogen (secondary N) is 1. The molecule has 2 aromatic carbocycles. The van der Waals surface area contributed by atoms with Gasteiger partial charge in [-0.1, -0.05) is 18.2 Å². The summed E-state index contributed by atoms with van der Waals surface area (Å²) in [5.41, 5.74) is 6.71. The van der Waals surface area contributed by atoms with Gasteiger partial charge in [0.1, 0.15) is 5.82 Å². The van der Waals surface area contributed by atoms with E-state index in [-0.39, 0.29) is 17.1 Å². The third kappa shape index (κ3) is 3.15. The summed E-state index contributed by atoms with van der Waals surface area (Å²) in [6.45, 7) is 1.98. The van der Waals surface area contributed by atoms with Crippen molar-refractivity contribution in [2.24, 2.45) is 5.73 Å². The SMILES string of the molecule is Cc1cccc(S(=O)(=O)Nc2ccc(CN)cc2F)c1. The topological polar surface area (TPSA) is 72.2 Å². The van der Waals surface area contributed by atoms with E-state index < -0.39 is 15.8 Å². The number of sulfonamides is 1. The van der Waals surface area contributed by atoms with Crippen LogP contribution in [0, 0.1) is 12.7 Å². The predicted molar refractivity (Wildman–Crippen MR) is 76.3 cm³/mol. The van der Waals surface area contributed by atoms with Crippen LogP contribution in [0.15, 0.2) is 47.4 Å². The van der Waals surface area contributed by atoms with Gasteiger partial charge in [0.2, 0.25) is 0 Å². The molecule has 2 aromatic rings. The average Bonchev–Trinajstić information content (AvgIpc) is 2.41. The van der Waals surface area contributed by atoms with Crippen molar-refractivity contribution in [3.05, 3.63) is 59.4 Å². The van der Waals surface area contributed by atoms with E-state index in [1.54, 1.807) is 25.1 Å². The van der Waals surface area contributed by atoms with Crippen LogP contribution in [0.1, 0.15) is 11.1 Å². The molecule has 0 bridgehead atoms. The van der Waals surface area contributed by atoms with E-state index in [1.165, 1.54) is 24.3 Å². The van der Waals surface area contributed by atoms with Gasteiger partial charge in [-0.2, -0.15) is 0 Å². The Kier molecular flexibility index (Phi) is 4.06. The van der Waals surface area contributed by atoms with Crippen LogP contribution in [0.25, 0.3) is 0 Å². The predicted octanol–water partition coefficient (Wildman–Crippen LogP) is 2.39. The molecule has 0 aliphatic heterocycles. The van der Waals surface area contributed by atoms with Gasteiger partial charge < -0.3 is 5.73 Å². The lowest BCUT2D eigenvalue weighted by Gasteiger charge is -2.10. The van der Waals surface area contributed by atoms with Crippen LogP contribution in [0.4, 0.5) is 10.1 Å². The van der Waals surface area contributed by atoms with E-state index in [0.29, 0.717) is 5.56 Å². The van der Waals surface area contributed by atoms with Gasteiger partial charge in [0.15, 0.2) is 0 Å². The summed E-state index contributed by atoms with van der Waals surface area (Å²) in [5.74, 6) is -0.649. The second-order valence-corrected chi connectivity index (χ2v) is 6.12. The van der Waals surface area contributed by atoms with Crippen LogP contribution in [0.5, 0.6) is 0 Å². The lowest BCUT2D eigenvalue weighted by atomic mass is 10.2. The highest BCUT2D eigenvalue weighted by molar-refractivity contribution is 7.92. The molecule has 0 aliphatic rings. The van der Waals surface area contributed by atoms with Crippen LogP contribution in [0.3, 0.4) is 0 Å². The number of anilines is 1.